The van der Waals surface area contributed by atoms with Gasteiger partial charge in [-0.2, -0.15) is 0 Å². The van der Waals surface area contributed by atoms with E-state index in [1.807, 2.05) is 54.6 Å². The first kappa shape index (κ1) is 27.3. The number of anilines is 1. The number of ether oxygens (including phenoxy) is 1. The summed E-state index contributed by atoms with van der Waals surface area (Å²) >= 11 is 0. The zero-order valence-electron chi connectivity index (χ0n) is 23.3. The Balaban J connectivity index is 1.18. The molecule has 212 valence electrons. The molecule has 0 radical (unpaired) electrons. The lowest BCUT2D eigenvalue weighted by Crippen LogP contribution is -2.69. The highest BCUT2D eigenvalue weighted by atomic mass is 16.5. The monoisotopic (exact) mass is 551 g/mol. The Hall–Kier alpha value is -3.83. The molecule has 7 nitrogen and oxygen atoms in total. The molecule has 2 aliphatic heterocycles. The molecule has 2 heterocycles. The van der Waals surface area contributed by atoms with Gasteiger partial charge in [0.2, 0.25) is 0 Å². The second kappa shape index (κ2) is 12.0. The van der Waals surface area contributed by atoms with Crippen LogP contribution in [-0.2, 0) is 0 Å². The van der Waals surface area contributed by atoms with Gasteiger partial charge >= 0.3 is 6.03 Å². The van der Waals surface area contributed by atoms with E-state index < -0.39 is 12.2 Å². The van der Waals surface area contributed by atoms with Gasteiger partial charge < -0.3 is 25.2 Å². The summed E-state index contributed by atoms with van der Waals surface area (Å²) in [6.45, 7) is 3.06. The van der Waals surface area contributed by atoms with Crippen molar-refractivity contribution in [1.29, 1.82) is 0 Å². The van der Waals surface area contributed by atoms with Crippen molar-refractivity contribution in [2.24, 2.45) is 0 Å². The molecule has 3 aromatic carbocycles. The van der Waals surface area contributed by atoms with Gasteiger partial charge in [-0.25, -0.2) is 4.79 Å². The van der Waals surface area contributed by atoms with Crippen molar-refractivity contribution in [3.05, 3.63) is 95.6 Å². The molecule has 1 saturated carbocycles. The largest absolute Gasteiger partial charge is 0.490 e. The van der Waals surface area contributed by atoms with E-state index in [1.54, 1.807) is 4.90 Å². The number of carbonyl (C=O) groups is 1. The SMILES string of the molecule is CC[C@@H]1[C@H](c2ccc(C#Cc3ccccc3)cc2)[C@@H]2CN(C(=O)Nc3ccc(OC4CC4)cc3)C[C@@H](O)[C@@H](O)CN12. The summed E-state index contributed by atoms with van der Waals surface area (Å²) in [4.78, 5) is 17.3. The van der Waals surface area contributed by atoms with Gasteiger partial charge in [-0.3, -0.25) is 4.90 Å². The topological polar surface area (TPSA) is 85.3 Å². The van der Waals surface area contributed by atoms with Crippen LogP contribution in [0.4, 0.5) is 10.5 Å². The molecule has 2 amide bonds. The molecule has 1 aliphatic carbocycles. The normalized spacial score (nSPS) is 25.9. The lowest BCUT2D eigenvalue weighted by Gasteiger charge is -2.58. The number of benzene rings is 3. The van der Waals surface area contributed by atoms with Crippen LogP contribution in [0.5, 0.6) is 5.75 Å². The summed E-state index contributed by atoms with van der Waals surface area (Å²) in [7, 11) is 0. The minimum Gasteiger partial charge on any atom is -0.490 e. The number of hydrogen-bond acceptors (Lipinski definition) is 5. The van der Waals surface area contributed by atoms with Crippen LogP contribution in [-0.4, -0.2) is 76.1 Å². The van der Waals surface area contributed by atoms with Gasteiger partial charge in [0.15, 0.2) is 0 Å². The zero-order chi connectivity index (χ0) is 28.3. The highest BCUT2D eigenvalue weighted by Crippen LogP contribution is 2.43. The van der Waals surface area contributed by atoms with Crippen LogP contribution in [0.3, 0.4) is 0 Å². The highest BCUT2D eigenvalue weighted by molar-refractivity contribution is 5.89. The van der Waals surface area contributed by atoms with E-state index >= 15 is 0 Å². The molecule has 3 fully saturated rings. The van der Waals surface area contributed by atoms with Gasteiger partial charge in [0.25, 0.3) is 0 Å². The summed E-state index contributed by atoms with van der Waals surface area (Å²) in [5, 5.41) is 24.5. The van der Waals surface area contributed by atoms with Crippen LogP contribution in [0.15, 0.2) is 78.9 Å². The second-order valence-corrected chi connectivity index (χ2v) is 11.3. The van der Waals surface area contributed by atoms with E-state index in [1.165, 1.54) is 5.56 Å². The van der Waals surface area contributed by atoms with Crippen LogP contribution in [0, 0.1) is 11.8 Å². The van der Waals surface area contributed by atoms with Crippen LogP contribution in [0.1, 0.15) is 48.8 Å². The summed E-state index contributed by atoms with van der Waals surface area (Å²) in [6.07, 6.45) is 1.44. The first-order valence-electron chi connectivity index (χ1n) is 14.6. The molecule has 3 aromatic rings. The van der Waals surface area contributed by atoms with Crippen molar-refractivity contribution in [2.75, 3.05) is 25.0 Å². The van der Waals surface area contributed by atoms with Gasteiger partial charge in [0.05, 0.1) is 24.9 Å². The fraction of sp³-hybridized carbons (Fsp3) is 0.382. The molecular formula is C34H37N3O4. The maximum Gasteiger partial charge on any atom is 0.321 e. The molecule has 3 aliphatic rings. The second-order valence-electron chi connectivity index (χ2n) is 11.3. The standard InChI is InChI=1S/C34H37N3O4/c1-2-29-33(25-12-10-24(11-13-25)9-8-23-6-4-3-5-7-23)30-20-36(21-31(38)32(39)22-37(29)30)34(40)35-26-14-16-27(17-15-26)41-28-18-19-28/h3-7,10-17,28-33,38-39H,2,18-22H2,1H3,(H,35,40)/t29-,30+,31-,32+,33+/m1/s1. The Bertz CT molecular complexity index is 1400. The molecule has 0 aromatic heterocycles. The average Bonchev–Trinajstić information content (AvgIpc) is 3.81. The van der Waals surface area contributed by atoms with E-state index in [-0.39, 0.29) is 30.6 Å². The third kappa shape index (κ3) is 6.25. The number of urea groups is 1. The first-order valence-corrected chi connectivity index (χ1v) is 14.6. The number of aliphatic hydroxyl groups is 2. The Labute approximate surface area is 241 Å². The van der Waals surface area contributed by atoms with Crippen molar-refractivity contribution >= 4 is 11.7 Å². The van der Waals surface area contributed by atoms with Gasteiger partial charge in [-0.15, -0.1) is 0 Å². The quantitative estimate of drug-likeness (QED) is 0.408. The van der Waals surface area contributed by atoms with E-state index in [0.29, 0.717) is 24.9 Å². The number of hydrogen-bond donors (Lipinski definition) is 3. The van der Waals surface area contributed by atoms with Crippen LogP contribution in [0.25, 0.3) is 0 Å². The molecule has 0 spiro atoms. The fourth-order valence-corrected chi connectivity index (χ4v) is 6.04. The summed E-state index contributed by atoms with van der Waals surface area (Å²) in [5.74, 6) is 7.45. The highest BCUT2D eigenvalue weighted by Gasteiger charge is 2.51. The Morgan fingerprint density at radius 3 is 2.20 bits per heavy atom. The molecule has 0 unspecified atom stereocenters. The van der Waals surface area contributed by atoms with Gasteiger partial charge in [-0.1, -0.05) is 49.1 Å². The molecule has 3 N–H and O–H groups in total. The molecule has 0 bridgehead atoms. The van der Waals surface area contributed by atoms with E-state index in [2.05, 4.69) is 53.2 Å². The third-order valence-electron chi connectivity index (χ3n) is 8.40. The Kier molecular flexibility index (Phi) is 7.97. The van der Waals surface area contributed by atoms with Crippen LogP contribution < -0.4 is 10.1 Å². The van der Waals surface area contributed by atoms with Crippen molar-refractivity contribution < 1.29 is 19.7 Å². The molecule has 6 rings (SSSR count). The Morgan fingerprint density at radius 1 is 0.878 bits per heavy atom. The van der Waals surface area contributed by atoms with Crippen molar-refractivity contribution in [1.82, 2.24) is 9.80 Å². The Morgan fingerprint density at radius 2 is 1.54 bits per heavy atom. The zero-order valence-corrected chi connectivity index (χ0v) is 23.3. The molecule has 5 atom stereocenters. The average molecular weight is 552 g/mol. The molecule has 2 saturated heterocycles. The number of nitrogens with one attached hydrogen (secondary N) is 1. The van der Waals surface area contributed by atoms with Crippen molar-refractivity contribution in [3.8, 4) is 17.6 Å². The summed E-state index contributed by atoms with van der Waals surface area (Å²) in [6, 6.07) is 25.7. The van der Waals surface area contributed by atoms with Gasteiger partial charge in [-0.05, 0) is 73.4 Å². The predicted octanol–water partition coefficient (Wildman–Crippen LogP) is 4.44. The van der Waals surface area contributed by atoms with Crippen LogP contribution in [0.2, 0.25) is 0 Å². The van der Waals surface area contributed by atoms with Gasteiger partial charge in [0, 0.05) is 47.9 Å². The number of aliphatic hydroxyl groups excluding tert-OH is 2. The number of rotatable bonds is 5. The van der Waals surface area contributed by atoms with Crippen molar-refractivity contribution in [3.63, 3.8) is 0 Å². The molecule has 41 heavy (non-hydrogen) atoms. The van der Waals surface area contributed by atoms with E-state index in [0.717, 1.165) is 36.1 Å². The van der Waals surface area contributed by atoms with Gasteiger partial charge in [0.1, 0.15) is 5.75 Å². The predicted molar refractivity (Wildman–Crippen MR) is 159 cm³/mol. The maximum atomic E-state index is 13.4. The van der Waals surface area contributed by atoms with Crippen molar-refractivity contribution in [2.45, 2.75) is 62.5 Å². The van der Waals surface area contributed by atoms with E-state index in [9.17, 15) is 15.0 Å². The number of fused-ring (bicyclic) bond motifs is 1. The number of amides is 2. The lowest BCUT2D eigenvalue weighted by molar-refractivity contribution is -0.102. The fourth-order valence-electron chi connectivity index (χ4n) is 6.04. The summed E-state index contributed by atoms with van der Waals surface area (Å²) < 4.78 is 5.81. The smallest absolute Gasteiger partial charge is 0.321 e. The lowest BCUT2D eigenvalue weighted by atomic mass is 9.72. The minimum atomic E-state index is -1.02. The maximum absolute atomic E-state index is 13.4. The minimum absolute atomic E-state index is 0.0309. The number of carbonyl (C=O) groups excluding carboxylic acids is 1. The number of β-amino-alcohol motifs (C(OH)–C–C–N with tert-alkyl or cyclic N) is 1. The molecule has 7 heteroatoms. The van der Waals surface area contributed by atoms with E-state index in [4.69, 9.17) is 4.74 Å². The number of nitrogens with zero attached hydrogens (tertiary/aromatic N) is 2. The summed E-state index contributed by atoms with van der Waals surface area (Å²) in [5.41, 5.74) is 3.79. The van der Waals surface area contributed by atoms with Crippen LogP contribution >= 0.6 is 0 Å². The molecular weight excluding hydrogens is 514 g/mol. The third-order valence-corrected chi connectivity index (χ3v) is 8.40. The first-order chi connectivity index (χ1) is 20.0.